The van der Waals surface area contributed by atoms with Crippen molar-refractivity contribution < 1.29 is 9.13 Å². The van der Waals surface area contributed by atoms with Gasteiger partial charge in [0.25, 0.3) is 0 Å². The molecule has 2 aliphatic rings. The summed E-state index contributed by atoms with van der Waals surface area (Å²) in [5.74, 6) is -0.369. The number of anilines is 1. The second kappa shape index (κ2) is 6.51. The zero-order valence-electron chi connectivity index (χ0n) is 12.2. The fourth-order valence-corrected chi connectivity index (χ4v) is 3.67. The topological polar surface area (TPSA) is 24.5 Å². The molecule has 0 bridgehead atoms. The summed E-state index contributed by atoms with van der Waals surface area (Å²) in [6.45, 7) is 3.46. The summed E-state index contributed by atoms with van der Waals surface area (Å²) in [6, 6.07) is 4.90. The van der Waals surface area contributed by atoms with Crippen molar-refractivity contribution in [1.82, 2.24) is 4.90 Å². The van der Waals surface area contributed by atoms with Gasteiger partial charge in [-0.25, -0.2) is 4.39 Å². The van der Waals surface area contributed by atoms with E-state index in [4.69, 9.17) is 16.3 Å². The third kappa shape index (κ3) is 3.33. The van der Waals surface area contributed by atoms with Crippen molar-refractivity contribution in [2.75, 3.05) is 31.6 Å². The molecule has 1 aliphatic heterocycles. The average Bonchev–Trinajstić information content (AvgIpc) is 2.53. The lowest BCUT2D eigenvalue weighted by atomic mass is 9.86. The van der Waals surface area contributed by atoms with Crippen molar-refractivity contribution in [2.45, 2.75) is 37.8 Å². The number of morpholine rings is 1. The standard InChI is InChI=1S/C16H22ClFN2O/c17-14-12-13(4-5-15(14)18)19-16(6-2-1-3-7-16)20-8-10-21-11-9-20/h4-5,12,19H,1-3,6-11H2. The van der Waals surface area contributed by atoms with Gasteiger partial charge < -0.3 is 10.1 Å². The third-order valence-corrected chi connectivity index (χ3v) is 4.88. The van der Waals surface area contributed by atoms with E-state index in [1.807, 2.05) is 0 Å². The van der Waals surface area contributed by atoms with Crippen LogP contribution in [-0.4, -0.2) is 36.9 Å². The lowest BCUT2D eigenvalue weighted by Gasteiger charge is -2.49. The molecule has 0 radical (unpaired) electrons. The Hall–Kier alpha value is -0.840. The average molecular weight is 313 g/mol. The number of hydrogen-bond donors (Lipinski definition) is 1. The Kier molecular flexibility index (Phi) is 4.67. The normalized spacial score (nSPS) is 23.0. The molecule has 1 aromatic carbocycles. The SMILES string of the molecule is Fc1ccc(NC2(N3CCOCC3)CCCCC2)cc1Cl. The highest BCUT2D eigenvalue weighted by Gasteiger charge is 2.38. The summed E-state index contributed by atoms with van der Waals surface area (Å²) in [5.41, 5.74) is 0.859. The zero-order valence-corrected chi connectivity index (χ0v) is 13.0. The molecular formula is C16H22ClFN2O. The summed E-state index contributed by atoms with van der Waals surface area (Å²) in [5, 5.41) is 3.83. The van der Waals surface area contributed by atoms with Gasteiger partial charge in [-0.3, -0.25) is 4.90 Å². The summed E-state index contributed by atoms with van der Waals surface area (Å²) in [6.07, 6.45) is 5.96. The van der Waals surface area contributed by atoms with Gasteiger partial charge in [0.2, 0.25) is 0 Å². The Balaban J connectivity index is 1.82. The largest absolute Gasteiger partial charge is 0.379 e. The highest BCUT2D eigenvalue weighted by Crippen LogP contribution is 2.36. The Morgan fingerprint density at radius 1 is 1.14 bits per heavy atom. The van der Waals surface area contributed by atoms with Gasteiger partial charge in [-0.1, -0.05) is 18.0 Å². The first-order valence-corrected chi connectivity index (χ1v) is 8.13. The van der Waals surface area contributed by atoms with Gasteiger partial charge in [-0.15, -0.1) is 0 Å². The van der Waals surface area contributed by atoms with E-state index in [2.05, 4.69) is 10.2 Å². The van der Waals surface area contributed by atoms with Crippen LogP contribution in [0.25, 0.3) is 0 Å². The Labute approximate surface area is 130 Å². The predicted molar refractivity (Wildman–Crippen MR) is 83.2 cm³/mol. The summed E-state index contributed by atoms with van der Waals surface area (Å²) < 4.78 is 18.8. The smallest absolute Gasteiger partial charge is 0.141 e. The molecule has 0 spiro atoms. The first-order chi connectivity index (χ1) is 10.2. The Bertz CT molecular complexity index is 485. The molecule has 2 fully saturated rings. The van der Waals surface area contributed by atoms with E-state index in [1.165, 1.54) is 25.3 Å². The molecule has 0 aromatic heterocycles. The first-order valence-electron chi connectivity index (χ1n) is 7.76. The van der Waals surface area contributed by atoms with Crippen molar-refractivity contribution >= 4 is 17.3 Å². The van der Waals surface area contributed by atoms with Crippen LogP contribution >= 0.6 is 11.6 Å². The fraction of sp³-hybridized carbons (Fsp3) is 0.625. The second-order valence-electron chi connectivity index (χ2n) is 5.95. The molecule has 1 saturated carbocycles. The van der Waals surface area contributed by atoms with Gasteiger partial charge in [0.15, 0.2) is 0 Å². The van der Waals surface area contributed by atoms with Crippen molar-refractivity contribution in [3.8, 4) is 0 Å². The number of ether oxygens (including phenoxy) is 1. The van der Waals surface area contributed by atoms with Gasteiger partial charge in [0.05, 0.1) is 23.9 Å². The summed E-state index contributed by atoms with van der Waals surface area (Å²) in [4.78, 5) is 2.49. The van der Waals surface area contributed by atoms with Crippen molar-refractivity contribution in [1.29, 1.82) is 0 Å². The van der Waals surface area contributed by atoms with Crippen LogP contribution in [0.2, 0.25) is 5.02 Å². The maximum absolute atomic E-state index is 13.3. The number of halogens is 2. The van der Waals surface area contributed by atoms with Crippen LogP contribution < -0.4 is 5.32 Å². The lowest BCUT2D eigenvalue weighted by molar-refractivity contribution is -0.0255. The second-order valence-corrected chi connectivity index (χ2v) is 6.35. The first kappa shape index (κ1) is 15.1. The molecule has 1 N–H and O–H groups in total. The molecule has 3 rings (SSSR count). The summed E-state index contributed by atoms with van der Waals surface area (Å²) in [7, 11) is 0. The Morgan fingerprint density at radius 2 is 1.86 bits per heavy atom. The minimum absolute atomic E-state index is 0.0385. The number of rotatable bonds is 3. The van der Waals surface area contributed by atoms with Crippen molar-refractivity contribution in [3.63, 3.8) is 0 Å². The molecule has 3 nitrogen and oxygen atoms in total. The quantitative estimate of drug-likeness (QED) is 0.916. The monoisotopic (exact) mass is 312 g/mol. The molecule has 116 valence electrons. The van der Waals surface area contributed by atoms with Crippen LogP contribution in [-0.2, 0) is 4.74 Å². The minimum atomic E-state index is -0.369. The van der Waals surface area contributed by atoms with E-state index < -0.39 is 0 Å². The lowest BCUT2D eigenvalue weighted by Crippen LogP contribution is -2.59. The van der Waals surface area contributed by atoms with Gasteiger partial charge in [-0.05, 0) is 43.9 Å². The van der Waals surface area contributed by atoms with Gasteiger partial charge >= 0.3 is 0 Å². The highest BCUT2D eigenvalue weighted by molar-refractivity contribution is 6.31. The number of nitrogens with one attached hydrogen (secondary N) is 1. The third-order valence-electron chi connectivity index (χ3n) is 4.59. The van der Waals surface area contributed by atoms with Crippen molar-refractivity contribution in [3.05, 3.63) is 29.0 Å². The van der Waals surface area contributed by atoms with Crippen LogP contribution in [0, 0.1) is 5.82 Å². The zero-order chi connectivity index (χ0) is 14.7. The number of hydrogen-bond acceptors (Lipinski definition) is 3. The Morgan fingerprint density at radius 3 is 2.52 bits per heavy atom. The van der Waals surface area contributed by atoms with Crippen LogP contribution in [0.4, 0.5) is 10.1 Å². The van der Waals surface area contributed by atoms with E-state index in [0.717, 1.165) is 44.8 Å². The number of benzene rings is 1. The van der Waals surface area contributed by atoms with E-state index in [1.54, 1.807) is 12.1 Å². The molecule has 21 heavy (non-hydrogen) atoms. The van der Waals surface area contributed by atoms with Crippen LogP contribution in [0.5, 0.6) is 0 Å². The summed E-state index contributed by atoms with van der Waals surface area (Å²) >= 11 is 5.91. The molecule has 0 atom stereocenters. The van der Waals surface area contributed by atoms with Gasteiger partial charge in [-0.2, -0.15) is 0 Å². The highest BCUT2D eigenvalue weighted by atomic mass is 35.5. The van der Waals surface area contributed by atoms with E-state index >= 15 is 0 Å². The van der Waals surface area contributed by atoms with E-state index in [9.17, 15) is 4.39 Å². The van der Waals surface area contributed by atoms with Gasteiger partial charge in [0, 0.05) is 18.8 Å². The molecule has 0 unspecified atom stereocenters. The van der Waals surface area contributed by atoms with Crippen LogP contribution in [0.1, 0.15) is 32.1 Å². The van der Waals surface area contributed by atoms with Gasteiger partial charge in [0.1, 0.15) is 5.82 Å². The molecule has 1 saturated heterocycles. The van der Waals surface area contributed by atoms with E-state index in [0.29, 0.717) is 0 Å². The molecule has 5 heteroatoms. The molecular weight excluding hydrogens is 291 g/mol. The maximum Gasteiger partial charge on any atom is 0.141 e. The molecule has 1 aliphatic carbocycles. The number of nitrogens with zero attached hydrogens (tertiary/aromatic N) is 1. The molecule has 1 aromatic rings. The molecule has 0 amide bonds. The van der Waals surface area contributed by atoms with Crippen LogP contribution in [0.15, 0.2) is 18.2 Å². The van der Waals surface area contributed by atoms with E-state index in [-0.39, 0.29) is 16.5 Å². The fourth-order valence-electron chi connectivity index (χ4n) is 3.49. The van der Waals surface area contributed by atoms with Crippen molar-refractivity contribution in [2.24, 2.45) is 0 Å². The van der Waals surface area contributed by atoms with Crippen LogP contribution in [0.3, 0.4) is 0 Å². The maximum atomic E-state index is 13.3. The minimum Gasteiger partial charge on any atom is -0.379 e. The molecule has 1 heterocycles. The predicted octanol–water partition coefficient (Wildman–Crippen LogP) is 3.88.